The van der Waals surface area contributed by atoms with Crippen molar-refractivity contribution in [2.75, 3.05) is 0 Å². The molecule has 0 radical (unpaired) electrons. The van der Waals surface area contributed by atoms with E-state index >= 15 is 0 Å². The number of hydrogen-bond acceptors (Lipinski definition) is 3. The van der Waals surface area contributed by atoms with Gasteiger partial charge in [-0.25, -0.2) is 5.10 Å². The molecule has 0 bridgehead atoms. The number of hydrogen-bond donors (Lipinski definition) is 2. The Morgan fingerprint density at radius 2 is 1.80 bits per heavy atom. The fourth-order valence-electron chi connectivity index (χ4n) is 1.33. The van der Waals surface area contributed by atoms with Crippen LogP contribution in [0.15, 0.2) is 29.1 Å². The lowest BCUT2D eigenvalue weighted by Crippen LogP contribution is -2.12. The first-order valence-corrected chi connectivity index (χ1v) is 3.99. The molecule has 1 aromatic heterocycles. The molecule has 0 amide bonds. The Balaban J connectivity index is 0.000000980. The van der Waals surface area contributed by atoms with Crippen molar-refractivity contribution in [1.82, 2.24) is 10.2 Å². The molecule has 0 spiro atoms. The molecule has 0 aliphatic carbocycles. The molecule has 4 nitrogen and oxygen atoms in total. The zero-order valence-corrected chi connectivity index (χ0v) is 9.40. The summed E-state index contributed by atoms with van der Waals surface area (Å²) < 4.78 is 0. The third kappa shape index (κ3) is 2.47. The fourth-order valence-corrected chi connectivity index (χ4v) is 1.33. The van der Waals surface area contributed by atoms with Gasteiger partial charge in [-0.05, 0) is 6.07 Å². The first kappa shape index (κ1) is 13.9. The van der Waals surface area contributed by atoms with Gasteiger partial charge in [0.05, 0.1) is 11.1 Å². The van der Waals surface area contributed by atoms with E-state index in [0.29, 0.717) is 11.9 Å². The Morgan fingerprint density at radius 3 is 2.40 bits per heavy atom. The number of aromatic amines is 1. The van der Waals surface area contributed by atoms with Gasteiger partial charge in [0.2, 0.25) is 0 Å². The maximum Gasteiger partial charge on any atom is 0.272 e. The Bertz CT molecular complexity index is 498. The summed E-state index contributed by atoms with van der Waals surface area (Å²) in [5.41, 5.74) is 6.03. The highest BCUT2D eigenvalue weighted by molar-refractivity contribution is 5.85. The monoisotopic (exact) mass is 247 g/mol. The Morgan fingerprint density at radius 1 is 1.20 bits per heavy atom. The summed E-state index contributed by atoms with van der Waals surface area (Å²) in [5, 5.41) is 7.74. The minimum Gasteiger partial charge on any atom is -0.325 e. The molecule has 0 aliphatic rings. The minimum absolute atomic E-state index is 0. The molecule has 3 N–H and O–H groups in total. The van der Waals surface area contributed by atoms with Crippen LogP contribution in [-0.4, -0.2) is 10.2 Å². The highest BCUT2D eigenvalue weighted by Gasteiger charge is 2.02. The molecule has 1 aromatic carbocycles. The van der Waals surface area contributed by atoms with E-state index in [2.05, 4.69) is 10.2 Å². The molecule has 0 unspecified atom stereocenters. The smallest absolute Gasteiger partial charge is 0.272 e. The minimum atomic E-state index is -0.173. The molecular weight excluding hydrogens is 237 g/mol. The molecular formula is C9H11Cl2N3O. The Kier molecular flexibility index (Phi) is 5.28. The summed E-state index contributed by atoms with van der Waals surface area (Å²) in [6.45, 7) is 0.331. The van der Waals surface area contributed by atoms with Gasteiger partial charge >= 0.3 is 0 Å². The van der Waals surface area contributed by atoms with Crippen LogP contribution in [0.4, 0.5) is 0 Å². The number of aromatic nitrogens is 2. The van der Waals surface area contributed by atoms with Crippen molar-refractivity contribution in [1.29, 1.82) is 0 Å². The van der Waals surface area contributed by atoms with Crippen molar-refractivity contribution in [2.24, 2.45) is 5.73 Å². The van der Waals surface area contributed by atoms with E-state index in [4.69, 9.17) is 5.73 Å². The highest BCUT2D eigenvalue weighted by Crippen LogP contribution is 2.10. The van der Waals surface area contributed by atoms with E-state index in [0.717, 1.165) is 11.1 Å². The van der Waals surface area contributed by atoms with Gasteiger partial charge in [0, 0.05) is 11.9 Å². The van der Waals surface area contributed by atoms with E-state index in [1.165, 1.54) is 0 Å². The van der Waals surface area contributed by atoms with Gasteiger partial charge in [0.25, 0.3) is 5.56 Å². The normalized spacial score (nSPS) is 9.13. The molecule has 1 heterocycles. The summed E-state index contributed by atoms with van der Waals surface area (Å²) in [6, 6.07) is 7.29. The lowest BCUT2D eigenvalue weighted by atomic mass is 10.1. The fraction of sp³-hybridized carbons (Fsp3) is 0.111. The van der Waals surface area contributed by atoms with Crippen LogP contribution in [0.3, 0.4) is 0 Å². The van der Waals surface area contributed by atoms with Crippen LogP contribution < -0.4 is 11.3 Å². The summed E-state index contributed by atoms with van der Waals surface area (Å²) >= 11 is 0. The standard InChI is InChI=1S/C9H9N3O.2ClH/c10-5-8-6-3-1-2-4-7(6)9(13)12-11-8;;/h1-4H,5,10H2,(H,12,13);2*1H. The lowest BCUT2D eigenvalue weighted by molar-refractivity contribution is 0.900. The van der Waals surface area contributed by atoms with Crippen molar-refractivity contribution >= 4 is 35.6 Å². The third-order valence-electron chi connectivity index (χ3n) is 1.97. The first-order valence-electron chi connectivity index (χ1n) is 3.99. The number of halogens is 2. The molecule has 0 atom stereocenters. The maximum atomic E-state index is 11.3. The van der Waals surface area contributed by atoms with Crippen molar-refractivity contribution in [3.05, 3.63) is 40.3 Å². The predicted octanol–water partition coefficient (Wildman–Crippen LogP) is 1.23. The number of benzene rings is 1. The van der Waals surface area contributed by atoms with Crippen LogP contribution >= 0.6 is 24.8 Å². The van der Waals surface area contributed by atoms with Crippen LogP contribution in [0.1, 0.15) is 5.69 Å². The van der Waals surface area contributed by atoms with E-state index in [9.17, 15) is 4.79 Å². The van der Waals surface area contributed by atoms with Gasteiger partial charge in [0.15, 0.2) is 0 Å². The molecule has 0 saturated heterocycles. The second-order valence-corrected chi connectivity index (χ2v) is 2.75. The van der Waals surface area contributed by atoms with E-state index in [-0.39, 0.29) is 30.4 Å². The van der Waals surface area contributed by atoms with Crippen LogP contribution in [-0.2, 0) is 6.54 Å². The zero-order chi connectivity index (χ0) is 9.26. The number of nitrogens with two attached hydrogens (primary N) is 1. The van der Waals surface area contributed by atoms with Gasteiger partial charge in [-0.1, -0.05) is 18.2 Å². The SMILES string of the molecule is Cl.Cl.NCc1n[nH]c(=O)c2ccccc12. The summed E-state index contributed by atoms with van der Waals surface area (Å²) in [6.07, 6.45) is 0. The van der Waals surface area contributed by atoms with Crippen molar-refractivity contribution in [3.8, 4) is 0 Å². The molecule has 15 heavy (non-hydrogen) atoms. The van der Waals surface area contributed by atoms with Crippen LogP contribution in [0, 0.1) is 0 Å². The van der Waals surface area contributed by atoms with Crippen LogP contribution in [0.5, 0.6) is 0 Å². The molecule has 0 aliphatic heterocycles. The van der Waals surface area contributed by atoms with Gasteiger partial charge in [-0.3, -0.25) is 4.79 Å². The molecule has 0 fully saturated rings. The third-order valence-corrected chi connectivity index (χ3v) is 1.97. The zero-order valence-electron chi connectivity index (χ0n) is 7.77. The van der Waals surface area contributed by atoms with E-state index in [1.54, 1.807) is 6.07 Å². The summed E-state index contributed by atoms with van der Waals surface area (Å²) in [4.78, 5) is 11.3. The molecule has 0 saturated carbocycles. The van der Waals surface area contributed by atoms with E-state index < -0.39 is 0 Å². The number of fused-ring (bicyclic) bond motifs is 1. The largest absolute Gasteiger partial charge is 0.325 e. The van der Waals surface area contributed by atoms with Gasteiger partial charge < -0.3 is 5.73 Å². The van der Waals surface area contributed by atoms with Gasteiger partial charge in [-0.15, -0.1) is 24.8 Å². The molecule has 6 heteroatoms. The van der Waals surface area contributed by atoms with Gasteiger partial charge in [-0.2, -0.15) is 5.10 Å². The first-order chi connectivity index (χ1) is 6.33. The Hall–Kier alpha value is -1.10. The van der Waals surface area contributed by atoms with Gasteiger partial charge in [0.1, 0.15) is 0 Å². The number of nitrogens with zero attached hydrogens (tertiary/aromatic N) is 1. The molecule has 2 aromatic rings. The topological polar surface area (TPSA) is 71.8 Å². The number of rotatable bonds is 1. The number of H-pyrrole nitrogens is 1. The maximum absolute atomic E-state index is 11.3. The average molecular weight is 248 g/mol. The average Bonchev–Trinajstić information content (AvgIpc) is 2.19. The number of nitrogens with one attached hydrogen (secondary N) is 1. The predicted molar refractivity (Wildman–Crippen MR) is 64.8 cm³/mol. The quantitative estimate of drug-likeness (QED) is 0.797. The van der Waals surface area contributed by atoms with Crippen molar-refractivity contribution in [3.63, 3.8) is 0 Å². The lowest BCUT2D eigenvalue weighted by Gasteiger charge is -2.00. The summed E-state index contributed by atoms with van der Waals surface area (Å²) in [7, 11) is 0. The molecule has 2 rings (SSSR count). The molecule has 82 valence electrons. The Labute approximate surface area is 98.7 Å². The second kappa shape index (κ2) is 5.70. The van der Waals surface area contributed by atoms with Crippen molar-refractivity contribution in [2.45, 2.75) is 6.54 Å². The van der Waals surface area contributed by atoms with Crippen LogP contribution in [0.2, 0.25) is 0 Å². The summed E-state index contributed by atoms with van der Waals surface area (Å²) in [5.74, 6) is 0. The van der Waals surface area contributed by atoms with Crippen LogP contribution in [0.25, 0.3) is 10.8 Å². The highest BCUT2D eigenvalue weighted by atomic mass is 35.5. The van der Waals surface area contributed by atoms with Crippen molar-refractivity contribution < 1.29 is 0 Å². The van der Waals surface area contributed by atoms with E-state index in [1.807, 2.05) is 18.2 Å². The second-order valence-electron chi connectivity index (χ2n) is 2.75.